The molecule has 1 atom stereocenters. The molecule has 0 heterocycles. The smallest absolute Gasteiger partial charge is 0.00464 e. The van der Waals surface area contributed by atoms with Crippen molar-refractivity contribution < 1.29 is 0 Å². The third kappa shape index (κ3) is 6.77. The Hall–Kier alpha value is 0.390. The maximum absolute atomic E-state index is 3.44. The van der Waals surface area contributed by atoms with Gasteiger partial charge in [0.2, 0.25) is 0 Å². The van der Waals surface area contributed by atoms with Crippen LogP contribution in [0.15, 0.2) is 0 Å². The molecule has 1 nitrogen and oxygen atoms in total. The van der Waals surface area contributed by atoms with Gasteiger partial charge in [-0.3, -0.25) is 0 Å². The lowest BCUT2D eigenvalue weighted by molar-refractivity contribution is 0.202. The second kappa shape index (κ2) is 7.10. The summed E-state index contributed by atoms with van der Waals surface area (Å²) >= 11 is 0. The van der Waals surface area contributed by atoms with E-state index in [0.717, 1.165) is 18.4 Å². The Morgan fingerprint density at radius 1 is 1.18 bits per heavy atom. The topological polar surface area (TPSA) is 12.0 Å². The van der Waals surface area contributed by atoms with Gasteiger partial charge in [-0.05, 0) is 68.6 Å². The van der Waals surface area contributed by atoms with Gasteiger partial charge in [0.25, 0.3) is 0 Å². The first-order chi connectivity index (χ1) is 7.90. The number of rotatable bonds is 7. The van der Waals surface area contributed by atoms with Crippen molar-refractivity contribution in [1.82, 2.24) is 5.32 Å². The molecule has 1 saturated carbocycles. The minimum Gasteiger partial charge on any atom is -0.317 e. The summed E-state index contributed by atoms with van der Waals surface area (Å²) in [5.41, 5.74) is 0.536. The van der Waals surface area contributed by atoms with Gasteiger partial charge in [0.15, 0.2) is 0 Å². The molecule has 17 heavy (non-hydrogen) atoms. The molecule has 2 heteroatoms. The fraction of sp³-hybridized carbons (Fsp3) is 1.00. The Balaban J connectivity index is 2.04. The van der Waals surface area contributed by atoms with Crippen molar-refractivity contribution in [1.29, 1.82) is 0 Å². The van der Waals surface area contributed by atoms with Crippen LogP contribution >= 0.6 is 7.92 Å². The first kappa shape index (κ1) is 15.4. The molecule has 1 unspecified atom stereocenters. The van der Waals surface area contributed by atoms with Crippen molar-refractivity contribution in [2.24, 2.45) is 17.3 Å². The van der Waals surface area contributed by atoms with Crippen molar-refractivity contribution in [3.05, 3.63) is 0 Å². The molecule has 0 saturated heterocycles. The molecular weight excluding hydrogens is 225 g/mol. The van der Waals surface area contributed by atoms with Gasteiger partial charge >= 0.3 is 0 Å². The Morgan fingerprint density at radius 2 is 1.82 bits per heavy atom. The van der Waals surface area contributed by atoms with Crippen LogP contribution < -0.4 is 5.32 Å². The van der Waals surface area contributed by atoms with Crippen LogP contribution in [0.25, 0.3) is 0 Å². The molecule has 0 aromatic rings. The Morgan fingerprint density at radius 3 is 2.35 bits per heavy atom. The normalized spacial score (nSPS) is 26.6. The van der Waals surface area contributed by atoms with Crippen LogP contribution in [0.3, 0.4) is 0 Å². The van der Waals surface area contributed by atoms with Gasteiger partial charge in [0.1, 0.15) is 0 Å². The largest absolute Gasteiger partial charge is 0.317 e. The van der Waals surface area contributed by atoms with Gasteiger partial charge in [-0.2, -0.15) is 0 Å². The predicted molar refractivity (Wildman–Crippen MR) is 81.4 cm³/mol. The maximum atomic E-state index is 3.44. The summed E-state index contributed by atoms with van der Waals surface area (Å²) in [6.45, 7) is 14.2. The lowest BCUT2D eigenvalue weighted by Crippen LogP contribution is -2.29. The summed E-state index contributed by atoms with van der Waals surface area (Å²) in [6.07, 6.45) is 7.42. The minimum absolute atomic E-state index is 0.287. The zero-order valence-corrected chi connectivity index (χ0v) is 13.4. The van der Waals surface area contributed by atoms with E-state index in [1.54, 1.807) is 0 Å². The Bertz CT molecular complexity index is 203. The fourth-order valence-electron chi connectivity index (χ4n) is 3.06. The Labute approximate surface area is 110 Å². The number of nitrogens with one attached hydrogen (secondary N) is 1. The van der Waals surface area contributed by atoms with Crippen molar-refractivity contribution >= 4 is 7.92 Å². The minimum atomic E-state index is 0.287. The highest BCUT2D eigenvalue weighted by atomic mass is 31.1. The molecule has 1 rings (SSSR count). The lowest BCUT2D eigenvalue weighted by Gasteiger charge is -2.38. The predicted octanol–water partition coefficient (Wildman–Crippen LogP) is 4.17. The molecule has 102 valence electrons. The second-order valence-corrected chi connectivity index (χ2v) is 9.50. The van der Waals surface area contributed by atoms with E-state index in [1.807, 2.05) is 0 Å². The zero-order valence-electron chi connectivity index (χ0n) is 12.6. The molecule has 0 amide bonds. The molecule has 0 aromatic carbocycles. The highest BCUT2D eigenvalue weighted by Crippen LogP contribution is 2.46. The average molecular weight is 257 g/mol. The third-order valence-corrected chi connectivity index (χ3v) is 6.26. The SMILES string of the molecule is CCNCCC1CC(CP(C)CC(C)(C)C)C1. The molecule has 1 aliphatic carbocycles. The van der Waals surface area contributed by atoms with Crippen LogP contribution in [0, 0.1) is 17.3 Å². The monoisotopic (exact) mass is 257 g/mol. The van der Waals surface area contributed by atoms with Gasteiger partial charge in [-0.25, -0.2) is 0 Å². The first-order valence-corrected chi connectivity index (χ1v) is 9.46. The van der Waals surface area contributed by atoms with Gasteiger partial charge in [-0.1, -0.05) is 27.7 Å². The van der Waals surface area contributed by atoms with Crippen LogP contribution in [-0.4, -0.2) is 32.1 Å². The molecule has 0 aromatic heterocycles. The second-order valence-electron chi connectivity index (χ2n) is 7.10. The van der Waals surface area contributed by atoms with Gasteiger partial charge < -0.3 is 5.32 Å². The van der Waals surface area contributed by atoms with Gasteiger partial charge in [0.05, 0.1) is 0 Å². The van der Waals surface area contributed by atoms with Crippen LogP contribution in [0.4, 0.5) is 0 Å². The van der Waals surface area contributed by atoms with E-state index in [0.29, 0.717) is 5.41 Å². The van der Waals surface area contributed by atoms with E-state index in [2.05, 4.69) is 39.7 Å². The molecule has 1 N–H and O–H groups in total. The quantitative estimate of drug-likeness (QED) is 0.533. The fourth-order valence-corrected chi connectivity index (χ4v) is 5.98. The summed E-state index contributed by atoms with van der Waals surface area (Å²) in [5.74, 6) is 2.11. The highest BCUT2D eigenvalue weighted by molar-refractivity contribution is 7.56. The van der Waals surface area contributed by atoms with E-state index < -0.39 is 0 Å². The van der Waals surface area contributed by atoms with E-state index in [1.165, 1.54) is 38.1 Å². The van der Waals surface area contributed by atoms with E-state index in [9.17, 15) is 0 Å². The molecule has 0 aliphatic heterocycles. The molecule has 0 radical (unpaired) electrons. The summed E-state index contributed by atoms with van der Waals surface area (Å²) in [5, 5.41) is 3.44. The highest BCUT2D eigenvalue weighted by Gasteiger charge is 2.30. The molecule has 1 aliphatic rings. The summed E-state index contributed by atoms with van der Waals surface area (Å²) in [7, 11) is 0.287. The van der Waals surface area contributed by atoms with Crippen molar-refractivity contribution in [2.75, 3.05) is 32.1 Å². The third-order valence-electron chi connectivity index (χ3n) is 3.63. The van der Waals surface area contributed by atoms with Crippen LogP contribution in [0.1, 0.15) is 47.0 Å². The first-order valence-electron chi connectivity index (χ1n) is 7.30. The van der Waals surface area contributed by atoms with E-state index in [-0.39, 0.29) is 7.92 Å². The number of hydrogen-bond acceptors (Lipinski definition) is 1. The standard InChI is InChI=1S/C15H32NP/c1-6-16-8-7-13-9-14(10-13)11-17(5)12-15(2,3)4/h13-14,16H,6-12H2,1-5H3. The maximum Gasteiger partial charge on any atom is -0.00464 e. The molecular formula is C15H32NP. The summed E-state index contributed by atoms with van der Waals surface area (Å²) in [4.78, 5) is 0. The van der Waals surface area contributed by atoms with Gasteiger partial charge in [0, 0.05) is 0 Å². The summed E-state index contributed by atoms with van der Waals surface area (Å²) in [6, 6.07) is 0. The van der Waals surface area contributed by atoms with Crippen molar-refractivity contribution in [2.45, 2.75) is 47.0 Å². The average Bonchev–Trinajstić information content (AvgIpc) is 2.10. The summed E-state index contributed by atoms with van der Waals surface area (Å²) < 4.78 is 0. The molecule has 0 spiro atoms. The van der Waals surface area contributed by atoms with Crippen LogP contribution in [0.2, 0.25) is 0 Å². The lowest BCUT2D eigenvalue weighted by atomic mass is 9.74. The van der Waals surface area contributed by atoms with E-state index >= 15 is 0 Å². The van der Waals surface area contributed by atoms with Crippen LogP contribution in [0.5, 0.6) is 0 Å². The van der Waals surface area contributed by atoms with Crippen LogP contribution in [-0.2, 0) is 0 Å². The van der Waals surface area contributed by atoms with E-state index in [4.69, 9.17) is 0 Å². The van der Waals surface area contributed by atoms with Crippen molar-refractivity contribution in [3.8, 4) is 0 Å². The Kier molecular flexibility index (Phi) is 6.45. The molecule has 0 bridgehead atoms. The zero-order chi connectivity index (χ0) is 12.9. The van der Waals surface area contributed by atoms with Crippen molar-refractivity contribution in [3.63, 3.8) is 0 Å². The number of hydrogen-bond donors (Lipinski definition) is 1. The van der Waals surface area contributed by atoms with Gasteiger partial charge in [-0.15, -0.1) is 7.92 Å². The molecule has 1 fully saturated rings.